The molecule has 17 heavy (non-hydrogen) atoms. The van der Waals surface area contributed by atoms with Gasteiger partial charge in [0.15, 0.2) is 8.68 Å². The molecule has 1 aromatic heterocycles. The molecule has 0 radical (unpaired) electrons. The Morgan fingerprint density at radius 3 is 2.53 bits per heavy atom. The molecule has 0 saturated carbocycles. The number of aryl methyl sites for hydroxylation is 1. The minimum Gasteiger partial charge on any atom is -0.229 e. The number of sulfonamides is 1. The van der Waals surface area contributed by atoms with Crippen LogP contribution in [0, 0.1) is 6.92 Å². The van der Waals surface area contributed by atoms with Crippen molar-refractivity contribution in [3.63, 3.8) is 0 Å². The number of aromatic nitrogens is 1. The zero-order valence-electron chi connectivity index (χ0n) is 9.97. The number of rotatable bonds is 5. The van der Waals surface area contributed by atoms with E-state index in [1.54, 1.807) is 13.0 Å². The minimum absolute atomic E-state index is 0.140. The monoisotopic (exact) mass is 294 g/mol. The summed E-state index contributed by atoms with van der Waals surface area (Å²) in [5.74, 6) is 0. The maximum absolute atomic E-state index is 12.4. The quantitative estimate of drug-likeness (QED) is 0.785. The van der Waals surface area contributed by atoms with Crippen molar-refractivity contribution in [3.8, 4) is 0 Å². The van der Waals surface area contributed by atoms with Crippen molar-refractivity contribution in [2.24, 2.45) is 0 Å². The Kier molecular flexibility index (Phi) is 4.71. The average Bonchev–Trinajstić information content (AvgIpc) is 2.54. The lowest BCUT2D eigenvalue weighted by Gasteiger charge is -2.23. The molecule has 0 unspecified atom stereocenters. The topological polar surface area (TPSA) is 50.3 Å². The molecule has 0 bridgehead atoms. The number of hydrogen-bond donors (Lipinski definition) is 0. The first-order valence-electron chi connectivity index (χ1n) is 5.06. The summed E-state index contributed by atoms with van der Waals surface area (Å²) in [6.07, 6.45) is 1.57. The number of halogens is 1. The first-order valence-corrected chi connectivity index (χ1v) is 7.69. The molecule has 0 aliphatic carbocycles. The van der Waals surface area contributed by atoms with Crippen LogP contribution in [0.4, 0.5) is 0 Å². The molecule has 7 heteroatoms. The highest BCUT2D eigenvalue weighted by Gasteiger charge is 2.30. The van der Waals surface area contributed by atoms with E-state index in [0.29, 0.717) is 5.69 Å². The van der Waals surface area contributed by atoms with Gasteiger partial charge in [0.25, 0.3) is 10.0 Å². The van der Waals surface area contributed by atoms with Gasteiger partial charge >= 0.3 is 0 Å². The first-order chi connectivity index (χ1) is 7.80. The zero-order chi connectivity index (χ0) is 13.2. The predicted octanol–water partition coefficient (Wildman–Crippen LogP) is 2.69. The number of hydrogen-bond acceptors (Lipinski definition) is 4. The minimum atomic E-state index is -3.54. The van der Waals surface area contributed by atoms with Gasteiger partial charge in [0.1, 0.15) is 0 Å². The summed E-state index contributed by atoms with van der Waals surface area (Å²) in [6, 6.07) is -0.140. The smallest absolute Gasteiger partial charge is 0.229 e. The predicted molar refractivity (Wildman–Crippen MR) is 71.1 cm³/mol. The van der Waals surface area contributed by atoms with E-state index >= 15 is 0 Å². The summed E-state index contributed by atoms with van der Waals surface area (Å²) in [5.41, 5.74) is 0.440. The molecule has 0 spiro atoms. The molecule has 0 fully saturated rings. The highest BCUT2D eigenvalue weighted by atomic mass is 35.5. The summed E-state index contributed by atoms with van der Waals surface area (Å²) >= 11 is 6.72. The van der Waals surface area contributed by atoms with Crippen LogP contribution in [0.3, 0.4) is 0 Å². The van der Waals surface area contributed by atoms with Crippen LogP contribution in [0.15, 0.2) is 16.9 Å². The standard InChI is InChI=1S/C10H15ClN2O2S2/c1-5-6-13(7(2)3)17(14,15)9-8(4)12-10(11)16-9/h5,7H,1,6H2,2-4H3. The third-order valence-electron chi connectivity index (χ3n) is 2.16. The summed E-state index contributed by atoms with van der Waals surface area (Å²) in [6.45, 7) is 9.12. The van der Waals surface area contributed by atoms with Gasteiger partial charge < -0.3 is 0 Å². The van der Waals surface area contributed by atoms with Crippen LogP contribution in [-0.2, 0) is 10.0 Å². The van der Waals surface area contributed by atoms with Crippen molar-refractivity contribution in [2.75, 3.05) is 6.54 Å². The highest BCUT2D eigenvalue weighted by Crippen LogP contribution is 2.30. The van der Waals surface area contributed by atoms with Gasteiger partial charge in [-0.2, -0.15) is 4.31 Å². The summed E-state index contributed by atoms with van der Waals surface area (Å²) < 4.78 is 26.6. The van der Waals surface area contributed by atoms with Crippen LogP contribution in [0.25, 0.3) is 0 Å². The van der Waals surface area contributed by atoms with E-state index in [4.69, 9.17) is 11.6 Å². The fourth-order valence-electron chi connectivity index (χ4n) is 1.41. The molecule has 0 aliphatic rings. The van der Waals surface area contributed by atoms with Crippen LogP contribution < -0.4 is 0 Å². The first kappa shape index (κ1) is 14.6. The maximum atomic E-state index is 12.4. The van der Waals surface area contributed by atoms with Gasteiger partial charge in [-0.05, 0) is 20.8 Å². The van der Waals surface area contributed by atoms with Gasteiger partial charge in [0, 0.05) is 12.6 Å². The third-order valence-corrected chi connectivity index (χ3v) is 6.05. The van der Waals surface area contributed by atoms with Crippen molar-refractivity contribution in [1.29, 1.82) is 0 Å². The second kappa shape index (κ2) is 5.48. The molecule has 4 nitrogen and oxygen atoms in total. The van der Waals surface area contributed by atoms with Crippen LogP contribution in [0.2, 0.25) is 4.47 Å². The van der Waals surface area contributed by atoms with Gasteiger partial charge in [-0.1, -0.05) is 29.0 Å². The van der Waals surface area contributed by atoms with E-state index in [1.165, 1.54) is 4.31 Å². The molecular weight excluding hydrogens is 280 g/mol. The Morgan fingerprint density at radius 1 is 1.59 bits per heavy atom. The van der Waals surface area contributed by atoms with Gasteiger partial charge in [-0.25, -0.2) is 13.4 Å². The Balaban J connectivity index is 3.25. The Bertz CT molecular complexity index is 508. The average molecular weight is 295 g/mol. The Hall–Kier alpha value is -0.430. The lowest BCUT2D eigenvalue weighted by molar-refractivity contribution is 0.383. The molecule has 0 aliphatic heterocycles. The lowest BCUT2D eigenvalue weighted by Crippen LogP contribution is -2.36. The summed E-state index contributed by atoms with van der Waals surface area (Å²) in [7, 11) is -3.54. The van der Waals surface area contributed by atoms with Gasteiger partial charge in [0.05, 0.1) is 5.69 Å². The highest BCUT2D eigenvalue weighted by molar-refractivity contribution is 7.91. The molecule has 1 heterocycles. The maximum Gasteiger partial charge on any atom is 0.255 e. The molecule has 0 amide bonds. The molecule has 0 N–H and O–H groups in total. The third kappa shape index (κ3) is 3.07. The van der Waals surface area contributed by atoms with Gasteiger partial charge in [-0.3, -0.25) is 0 Å². The van der Waals surface area contributed by atoms with E-state index in [1.807, 2.05) is 13.8 Å². The fraction of sp³-hybridized carbons (Fsp3) is 0.500. The molecule has 0 aromatic carbocycles. The van der Waals surface area contributed by atoms with E-state index < -0.39 is 10.0 Å². The molecule has 0 atom stereocenters. The van der Waals surface area contributed by atoms with E-state index in [9.17, 15) is 8.42 Å². The summed E-state index contributed by atoms with van der Waals surface area (Å²) in [5, 5.41) is 0. The van der Waals surface area contributed by atoms with Crippen molar-refractivity contribution >= 4 is 33.0 Å². The second-order valence-electron chi connectivity index (χ2n) is 3.80. The van der Waals surface area contributed by atoms with E-state index in [2.05, 4.69) is 11.6 Å². The fourth-order valence-corrected chi connectivity index (χ4v) is 4.87. The van der Waals surface area contributed by atoms with Crippen LogP contribution in [-0.4, -0.2) is 30.3 Å². The van der Waals surface area contributed by atoms with Crippen molar-refractivity contribution in [1.82, 2.24) is 9.29 Å². The van der Waals surface area contributed by atoms with Crippen LogP contribution >= 0.6 is 22.9 Å². The van der Waals surface area contributed by atoms with Gasteiger partial charge in [0.2, 0.25) is 0 Å². The molecular formula is C10H15ClN2O2S2. The van der Waals surface area contributed by atoms with Crippen LogP contribution in [0.5, 0.6) is 0 Å². The lowest BCUT2D eigenvalue weighted by atomic mass is 10.4. The summed E-state index contributed by atoms with van der Waals surface area (Å²) in [4.78, 5) is 3.93. The number of nitrogens with zero attached hydrogens (tertiary/aromatic N) is 2. The SMILES string of the molecule is C=CCN(C(C)C)S(=O)(=O)c1sc(Cl)nc1C. The Labute approximate surface area is 111 Å². The molecule has 96 valence electrons. The van der Waals surface area contributed by atoms with Crippen molar-refractivity contribution < 1.29 is 8.42 Å². The van der Waals surface area contributed by atoms with E-state index in [0.717, 1.165) is 11.3 Å². The zero-order valence-corrected chi connectivity index (χ0v) is 12.4. The number of thiazole rings is 1. The second-order valence-corrected chi connectivity index (χ2v) is 7.46. The normalized spacial score (nSPS) is 12.4. The van der Waals surface area contributed by atoms with Crippen LogP contribution in [0.1, 0.15) is 19.5 Å². The molecule has 1 rings (SSSR count). The Morgan fingerprint density at radius 2 is 2.18 bits per heavy atom. The van der Waals surface area contributed by atoms with Crippen molar-refractivity contribution in [2.45, 2.75) is 31.0 Å². The van der Waals surface area contributed by atoms with Gasteiger partial charge in [-0.15, -0.1) is 6.58 Å². The van der Waals surface area contributed by atoms with Crippen molar-refractivity contribution in [3.05, 3.63) is 22.8 Å². The largest absolute Gasteiger partial charge is 0.255 e. The molecule has 0 saturated heterocycles. The van der Waals surface area contributed by atoms with E-state index in [-0.39, 0.29) is 21.3 Å². The molecule has 1 aromatic rings.